The molecule has 0 saturated heterocycles. The van der Waals surface area contributed by atoms with Crippen LogP contribution >= 0.6 is 0 Å². The lowest BCUT2D eigenvalue weighted by Gasteiger charge is -2.60. The summed E-state index contributed by atoms with van der Waals surface area (Å²) < 4.78 is 46.8. The van der Waals surface area contributed by atoms with E-state index in [0.717, 1.165) is 12.1 Å². The van der Waals surface area contributed by atoms with Crippen molar-refractivity contribution in [3.05, 3.63) is 35.4 Å². The van der Waals surface area contributed by atoms with Crippen LogP contribution < -0.4 is 5.32 Å². The summed E-state index contributed by atoms with van der Waals surface area (Å²) in [4.78, 5) is 11.7. The largest absolute Gasteiger partial charge is 0.444 e. The van der Waals surface area contributed by atoms with Crippen LogP contribution in [0.4, 0.5) is 18.0 Å². The Balaban J connectivity index is 1.53. The van der Waals surface area contributed by atoms with E-state index in [1.54, 1.807) is 20.8 Å². The number of amides is 1. The molecule has 1 spiro atoms. The fraction of sp³-hybridized carbons (Fsp3) is 0.611. The van der Waals surface area contributed by atoms with E-state index in [1.807, 2.05) is 0 Å². The van der Waals surface area contributed by atoms with Crippen molar-refractivity contribution in [2.75, 3.05) is 0 Å². The summed E-state index contributed by atoms with van der Waals surface area (Å²) in [7, 11) is 0. The average molecular weight is 341 g/mol. The highest BCUT2D eigenvalue weighted by molar-refractivity contribution is 5.68. The smallest absolute Gasteiger partial charge is 0.407 e. The number of hydrogen-bond donors (Lipinski definition) is 1. The lowest BCUT2D eigenvalue weighted by molar-refractivity contribution is -0.133. The molecule has 6 heteroatoms. The van der Waals surface area contributed by atoms with Crippen molar-refractivity contribution in [1.29, 1.82) is 0 Å². The summed E-state index contributed by atoms with van der Waals surface area (Å²) in [5.41, 5.74) is -2.57. The Kier molecular flexibility index (Phi) is 3.85. The number of benzene rings is 1. The van der Waals surface area contributed by atoms with E-state index in [1.165, 1.54) is 6.07 Å². The number of carbonyl (C=O) groups is 1. The zero-order valence-corrected chi connectivity index (χ0v) is 14.1. The van der Waals surface area contributed by atoms with Gasteiger partial charge in [0.15, 0.2) is 0 Å². The normalized spacial score (nSPS) is 32.0. The molecule has 0 bridgehead atoms. The van der Waals surface area contributed by atoms with E-state index >= 15 is 0 Å². The number of nitrogens with one attached hydrogen (secondary N) is 1. The molecular weight excluding hydrogens is 319 g/mol. The maximum absolute atomic E-state index is 14.9. The topological polar surface area (TPSA) is 38.3 Å². The molecule has 3 rings (SSSR count). The van der Waals surface area contributed by atoms with Crippen LogP contribution in [0.1, 0.15) is 52.0 Å². The van der Waals surface area contributed by atoms with Crippen molar-refractivity contribution >= 4 is 6.09 Å². The van der Waals surface area contributed by atoms with E-state index < -0.39 is 29.0 Å². The molecule has 0 unspecified atom stereocenters. The minimum absolute atomic E-state index is 0.0394. The van der Waals surface area contributed by atoms with Gasteiger partial charge in [0.1, 0.15) is 22.9 Å². The summed E-state index contributed by atoms with van der Waals surface area (Å²) in [5, 5.41) is 2.78. The van der Waals surface area contributed by atoms with Crippen LogP contribution in [-0.2, 0) is 10.4 Å². The first-order chi connectivity index (χ1) is 11.0. The highest BCUT2D eigenvalue weighted by Gasteiger charge is 2.62. The van der Waals surface area contributed by atoms with Crippen LogP contribution in [-0.4, -0.2) is 17.7 Å². The molecule has 3 nitrogen and oxygen atoms in total. The highest BCUT2D eigenvalue weighted by Crippen LogP contribution is 2.65. The number of rotatable bonds is 2. The molecule has 132 valence electrons. The van der Waals surface area contributed by atoms with Crippen molar-refractivity contribution < 1.29 is 22.7 Å². The number of alkyl carbamates (subject to hydrolysis) is 1. The number of hydrogen-bond acceptors (Lipinski definition) is 2. The second-order valence-electron chi connectivity index (χ2n) is 8.19. The van der Waals surface area contributed by atoms with Gasteiger partial charge in [-0.2, -0.15) is 0 Å². The van der Waals surface area contributed by atoms with Crippen LogP contribution in [0, 0.1) is 17.0 Å². The van der Waals surface area contributed by atoms with Crippen molar-refractivity contribution in [2.24, 2.45) is 5.41 Å². The van der Waals surface area contributed by atoms with Gasteiger partial charge in [0.05, 0.1) is 0 Å². The highest BCUT2D eigenvalue weighted by atomic mass is 19.2. The first kappa shape index (κ1) is 17.1. The zero-order chi connectivity index (χ0) is 17.8. The van der Waals surface area contributed by atoms with Gasteiger partial charge in [0.2, 0.25) is 0 Å². The third-order valence-corrected chi connectivity index (χ3v) is 4.80. The Labute approximate surface area is 139 Å². The van der Waals surface area contributed by atoms with Crippen molar-refractivity contribution in [3.63, 3.8) is 0 Å². The summed E-state index contributed by atoms with van der Waals surface area (Å²) in [5.74, 6) is -1.55. The summed E-state index contributed by atoms with van der Waals surface area (Å²) in [6, 6.07) is 2.95. The summed E-state index contributed by atoms with van der Waals surface area (Å²) >= 11 is 0. The van der Waals surface area contributed by atoms with E-state index in [2.05, 4.69) is 5.32 Å². The standard InChI is InChI=1S/C18H22F3NO2/c1-16(2,3)24-15(23)22-12-7-17(8-12)9-18(21,10-17)13-5-4-11(19)6-14(13)20/h4-6,12H,7-10H2,1-3H3,(H,22,23). The van der Waals surface area contributed by atoms with E-state index in [4.69, 9.17) is 4.74 Å². The van der Waals surface area contributed by atoms with Gasteiger partial charge < -0.3 is 10.1 Å². The van der Waals surface area contributed by atoms with Crippen molar-refractivity contribution in [1.82, 2.24) is 5.32 Å². The molecule has 1 amide bonds. The third kappa shape index (κ3) is 3.23. The molecule has 0 heterocycles. The fourth-order valence-corrected chi connectivity index (χ4v) is 4.03. The van der Waals surface area contributed by atoms with Crippen LogP contribution in [0.25, 0.3) is 0 Å². The van der Waals surface area contributed by atoms with Gasteiger partial charge in [-0.15, -0.1) is 0 Å². The molecule has 1 N–H and O–H groups in total. The SMILES string of the molecule is CC(C)(C)OC(=O)NC1CC2(C1)CC(F)(c1ccc(F)cc1F)C2. The molecule has 1 aromatic rings. The van der Waals surface area contributed by atoms with Crippen LogP contribution in [0.5, 0.6) is 0 Å². The quantitative estimate of drug-likeness (QED) is 0.854. The second kappa shape index (κ2) is 5.39. The third-order valence-electron chi connectivity index (χ3n) is 4.80. The molecule has 0 atom stereocenters. The molecule has 2 aliphatic carbocycles. The maximum Gasteiger partial charge on any atom is 0.407 e. The molecule has 0 aromatic heterocycles. The molecule has 2 aliphatic rings. The number of carbonyl (C=O) groups excluding carboxylic acids is 1. The fourth-order valence-electron chi connectivity index (χ4n) is 4.03. The van der Waals surface area contributed by atoms with Gasteiger partial charge in [-0.3, -0.25) is 0 Å². The van der Waals surface area contributed by atoms with Gasteiger partial charge in [0, 0.05) is 17.7 Å². The number of halogens is 3. The lowest BCUT2D eigenvalue weighted by atomic mass is 9.47. The lowest BCUT2D eigenvalue weighted by Crippen LogP contribution is -2.60. The van der Waals surface area contributed by atoms with Crippen LogP contribution in [0.2, 0.25) is 0 Å². The molecule has 0 radical (unpaired) electrons. The summed E-state index contributed by atoms with van der Waals surface area (Å²) in [6.07, 6.45) is 1.24. The first-order valence-electron chi connectivity index (χ1n) is 8.14. The summed E-state index contributed by atoms with van der Waals surface area (Å²) in [6.45, 7) is 5.36. The Hall–Kier alpha value is -1.72. The maximum atomic E-state index is 14.9. The van der Waals surface area contributed by atoms with E-state index in [-0.39, 0.29) is 29.9 Å². The molecule has 1 aromatic carbocycles. The van der Waals surface area contributed by atoms with E-state index in [9.17, 15) is 18.0 Å². The number of ether oxygens (including phenoxy) is 1. The van der Waals surface area contributed by atoms with Crippen LogP contribution in [0.15, 0.2) is 18.2 Å². The predicted octanol–water partition coefficient (Wildman–Crippen LogP) is 4.60. The monoisotopic (exact) mass is 341 g/mol. The van der Waals surface area contributed by atoms with Gasteiger partial charge in [0.25, 0.3) is 0 Å². The Bertz CT molecular complexity index is 655. The van der Waals surface area contributed by atoms with Gasteiger partial charge in [-0.1, -0.05) is 0 Å². The molecule has 2 fully saturated rings. The van der Waals surface area contributed by atoms with Gasteiger partial charge in [-0.05, 0) is 64.0 Å². The zero-order valence-electron chi connectivity index (χ0n) is 14.1. The van der Waals surface area contributed by atoms with Gasteiger partial charge >= 0.3 is 6.09 Å². The molecule has 0 aliphatic heterocycles. The Morgan fingerprint density at radius 2 is 1.88 bits per heavy atom. The van der Waals surface area contributed by atoms with Gasteiger partial charge in [-0.25, -0.2) is 18.0 Å². The van der Waals surface area contributed by atoms with Crippen molar-refractivity contribution in [3.8, 4) is 0 Å². The van der Waals surface area contributed by atoms with Crippen molar-refractivity contribution in [2.45, 2.75) is 63.8 Å². The molecular formula is C18H22F3NO2. The minimum atomic E-state index is -1.74. The second-order valence-corrected chi connectivity index (χ2v) is 8.19. The molecule has 24 heavy (non-hydrogen) atoms. The predicted molar refractivity (Wildman–Crippen MR) is 83.2 cm³/mol. The average Bonchev–Trinajstić information content (AvgIpc) is 2.31. The first-order valence-corrected chi connectivity index (χ1v) is 8.14. The minimum Gasteiger partial charge on any atom is -0.444 e. The van der Waals surface area contributed by atoms with Crippen LogP contribution in [0.3, 0.4) is 0 Å². The Morgan fingerprint density at radius 1 is 1.25 bits per heavy atom. The Morgan fingerprint density at radius 3 is 2.42 bits per heavy atom. The van der Waals surface area contributed by atoms with E-state index in [0.29, 0.717) is 12.8 Å². The molecule has 2 saturated carbocycles. The number of alkyl halides is 1.